The van der Waals surface area contributed by atoms with Gasteiger partial charge in [-0.25, -0.2) is 4.79 Å². The molecule has 2 bridgehead atoms. The Morgan fingerprint density at radius 2 is 1.82 bits per heavy atom. The van der Waals surface area contributed by atoms with Gasteiger partial charge >= 0.3 is 17.9 Å². The van der Waals surface area contributed by atoms with Gasteiger partial charge in [-0.15, -0.1) is 0 Å². The van der Waals surface area contributed by atoms with Gasteiger partial charge in [0.05, 0.1) is 17.4 Å². The van der Waals surface area contributed by atoms with Crippen molar-refractivity contribution < 1.29 is 28.6 Å². The zero-order valence-electron chi connectivity index (χ0n) is 18.8. The maximum absolute atomic E-state index is 13.5. The number of piperidine rings is 1. The van der Waals surface area contributed by atoms with Gasteiger partial charge in [-0.2, -0.15) is 0 Å². The Morgan fingerprint density at radius 3 is 2.53 bits per heavy atom. The van der Waals surface area contributed by atoms with E-state index in [1.807, 2.05) is 19.9 Å². The van der Waals surface area contributed by atoms with Crippen LogP contribution in [0.4, 0.5) is 0 Å². The summed E-state index contributed by atoms with van der Waals surface area (Å²) < 4.78 is 20.5. The van der Waals surface area contributed by atoms with Gasteiger partial charge in [-0.1, -0.05) is 0 Å². The summed E-state index contributed by atoms with van der Waals surface area (Å²) in [6.07, 6.45) is 1.41. The summed E-state index contributed by atoms with van der Waals surface area (Å²) in [5.41, 5.74) is -0.130. The Labute approximate surface area is 239 Å². The van der Waals surface area contributed by atoms with Crippen molar-refractivity contribution in [1.82, 2.24) is 5.32 Å². The number of nitrogens with one attached hydrogen (secondary N) is 1. The van der Waals surface area contributed by atoms with Crippen LogP contribution in [-0.2, 0) is 23.8 Å². The molecule has 2 saturated heterocycles. The molecule has 184 valence electrons. The molecule has 0 spiro atoms. The Hall–Kier alpha value is -0.220. The molecule has 0 aromatic heterocycles. The molecule has 5 rings (SSSR count). The van der Waals surface area contributed by atoms with E-state index in [2.05, 4.69) is 73.1 Å². The number of ether oxygens (including phenoxy) is 3. The van der Waals surface area contributed by atoms with Gasteiger partial charge in [-0.05, 0) is 126 Å². The number of carbonyl (C=O) groups is 3. The lowest BCUT2D eigenvalue weighted by Crippen LogP contribution is -2.48. The van der Waals surface area contributed by atoms with Crippen LogP contribution in [0.5, 0.6) is 0 Å². The molecule has 2 heterocycles. The van der Waals surface area contributed by atoms with Crippen LogP contribution in [-0.4, -0.2) is 48.8 Å². The summed E-state index contributed by atoms with van der Waals surface area (Å²) in [6, 6.07) is 3.80. The molecular weight excluding hydrogens is 779 g/mol. The molecule has 0 amide bonds. The van der Waals surface area contributed by atoms with Gasteiger partial charge < -0.3 is 19.5 Å². The third-order valence-electron chi connectivity index (χ3n) is 7.96. The van der Waals surface area contributed by atoms with Crippen LogP contribution in [0.3, 0.4) is 0 Å². The third kappa shape index (κ3) is 4.39. The summed E-state index contributed by atoms with van der Waals surface area (Å²) in [4.78, 5) is 39.4. The van der Waals surface area contributed by atoms with Gasteiger partial charge in [0.1, 0.15) is 17.8 Å². The Kier molecular flexibility index (Phi) is 7.17. The summed E-state index contributed by atoms with van der Waals surface area (Å²) >= 11 is 6.53. The van der Waals surface area contributed by atoms with E-state index in [0.29, 0.717) is 12.0 Å². The fourth-order valence-electron chi connectivity index (χ4n) is 6.29. The van der Waals surface area contributed by atoms with Crippen molar-refractivity contribution in [2.24, 2.45) is 29.6 Å². The maximum atomic E-state index is 13.5. The summed E-state index contributed by atoms with van der Waals surface area (Å²) in [5, 5.41) is 3.34. The first-order valence-electron chi connectivity index (χ1n) is 11.6. The van der Waals surface area contributed by atoms with Crippen molar-refractivity contribution >= 4 is 85.7 Å². The SMILES string of the molecule is CC(C)(OC(=O)C1C2CC3C(OC(=O)C31)C2OC(=O)c1cc(I)cc(I)c1I)C1CCNCC1. The molecule has 7 nitrogen and oxygen atoms in total. The number of esters is 3. The molecule has 2 aliphatic heterocycles. The van der Waals surface area contributed by atoms with Gasteiger partial charge in [0.25, 0.3) is 0 Å². The molecule has 2 aliphatic carbocycles. The van der Waals surface area contributed by atoms with Crippen LogP contribution >= 0.6 is 67.8 Å². The quantitative estimate of drug-likeness (QED) is 0.207. The first-order valence-corrected chi connectivity index (χ1v) is 14.8. The van der Waals surface area contributed by atoms with Crippen LogP contribution in [0.25, 0.3) is 0 Å². The molecule has 1 aromatic rings. The topological polar surface area (TPSA) is 90.9 Å². The second-order valence-electron chi connectivity index (χ2n) is 10.2. The molecule has 10 heteroatoms. The lowest BCUT2D eigenvalue weighted by Gasteiger charge is -2.38. The van der Waals surface area contributed by atoms with Crippen molar-refractivity contribution in [3.8, 4) is 0 Å². The highest BCUT2D eigenvalue weighted by molar-refractivity contribution is 14.1. The molecule has 6 atom stereocenters. The van der Waals surface area contributed by atoms with E-state index in [9.17, 15) is 14.4 Å². The predicted molar refractivity (Wildman–Crippen MR) is 148 cm³/mol. The number of benzene rings is 1. The van der Waals surface area contributed by atoms with Gasteiger partial charge in [0.15, 0.2) is 0 Å². The number of hydrogen-bond donors (Lipinski definition) is 1. The van der Waals surface area contributed by atoms with Crippen LogP contribution < -0.4 is 5.32 Å². The van der Waals surface area contributed by atoms with Crippen molar-refractivity contribution in [1.29, 1.82) is 0 Å². The maximum Gasteiger partial charge on any atom is 0.339 e. The highest BCUT2D eigenvalue weighted by Crippen LogP contribution is 2.59. The Balaban J connectivity index is 1.36. The van der Waals surface area contributed by atoms with Crippen LogP contribution in [0.15, 0.2) is 12.1 Å². The second-order valence-corrected chi connectivity index (χ2v) is 13.7. The second kappa shape index (κ2) is 9.58. The molecule has 4 aliphatic rings. The molecule has 1 aromatic carbocycles. The van der Waals surface area contributed by atoms with E-state index < -0.39 is 35.6 Å². The van der Waals surface area contributed by atoms with Crippen molar-refractivity contribution in [3.63, 3.8) is 0 Å². The highest BCUT2D eigenvalue weighted by atomic mass is 127. The standard InChI is InChI=1S/C24H26I3NO6/c1-24(2,10-3-5-28-6-4-10)34-23(31)17-13-9-12-16(17)22(30)33-20(12)19(13)32-21(29)14-7-11(25)8-15(26)18(14)27/h7-8,10,12-13,16-17,19-20,28H,3-6,9H2,1-2H3. The minimum absolute atomic E-state index is 0.107. The molecule has 0 radical (unpaired) electrons. The van der Waals surface area contributed by atoms with Crippen LogP contribution in [0, 0.1) is 40.3 Å². The van der Waals surface area contributed by atoms with E-state index in [1.165, 1.54) is 0 Å². The number of fused-ring (bicyclic) bond motifs is 1. The van der Waals surface area contributed by atoms with Gasteiger partial charge in [0.2, 0.25) is 0 Å². The van der Waals surface area contributed by atoms with Crippen molar-refractivity contribution in [3.05, 3.63) is 28.4 Å². The number of hydrogen-bond acceptors (Lipinski definition) is 7. The van der Waals surface area contributed by atoms with Gasteiger partial charge in [-0.3, -0.25) is 9.59 Å². The lowest BCUT2D eigenvalue weighted by atomic mass is 9.78. The Morgan fingerprint density at radius 1 is 1.12 bits per heavy atom. The Bertz CT molecular complexity index is 1040. The number of halogens is 3. The lowest BCUT2D eigenvalue weighted by molar-refractivity contribution is -0.174. The largest absolute Gasteiger partial charge is 0.459 e. The molecule has 4 fully saturated rings. The monoisotopic (exact) mass is 805 g/mol. The summed E-state index contributed by atoms with van der Waals surface area (Å²) in [7, 11) is 0. The van der Waals surface area contributed by atoms with Crippen LogP contribution in [0.1, 0.15) is 43.5 Å². The molecule has 2 saturated carbocycles. The molecule has 1 N–H and O–H groups in total. The third-order valence-corrected chi connectivity index (χ3v) is 11.6. The average molecular weight is 805 g/mol. The minimum Gasteiger partial charge on any atom is -0.459 e. The fourth-order valence-corrected chi connectivity index (χ4v) is 8.66. The summed E-state index contributed by atoms with van der Waals surface area (Å²) in [6.45, 7) is 5.74. The van der Waals surface area contributed by atoms with E-state index >= 15 is 0 Å². The number of rotatable bonds is 5. The minimum atomic E-state index is -0.634. The first-order chi connectivity index (χ1) is 16.1. The highest BCUT2D eigenvalue weighted by Gasteiger charge is 2.70. The summed E-state index contributed by atoms with van der Waals surface area (Å²) in [5.74, 6) is -2.42. The smallest absolute Gasteiger partial charge is 0.339 e. The number of carbonyl (C=O) groups excluding carboxylic acids is 3. The van der Waals surface area contributed by atoms with Crippen molar-refractivity contribution in [2.45, 2.75) is 50.9 Å². The molecule has 6 unspecified atom stereocenters. The molecule has 34 heavy (non-hydrogen) atoms. The van der Waals surface area contributed by atoms with Gasteiger partial charge in [0, 0.05) is 28.5 Å². The average Bonchev–Trinajstić information content (AvgIpc) is 3.40. The normalized spacial score (nSPS) is 32.6. The van der Waals surface area contributed by atoms with Crippen LogP contribution in [0.2, 0.25) is 0 Å². The zero-order chi connectivity index (χ0) is 24.4. The van der Waals surface area contributed by atoms with Crippen molar-refractivity contribution in [2.75, 3.05) is 13.1 Å². The van der Waals surface area contributed by atoms with E-state index in [-0.39, 0.29) is 29.7 Å². The zero-order valence-corrected chi connectivity index (χ0v) is 25.3. The van der Waals surface area contributed by atoms with E-state index in [4.69, 9.17) is 14.2 Å². The van der Waals surface area contributed by atoms with E-state index in [0.717, 1.165) is 36.6 Å². The first kappa shape index (κ1) is 25.4. The predicted octanol–water partition coefficient (Wildman–Crippen LogP) is 4.15. The molecular formula is C24H26I3NO6. The van der Waals surface area contributed by atoms with E-state index in [1.54, 1.807) is 6.07 Å². The fraction of sp³-hybridized carbons (Fsp3) is 0.625.